The molecule has 0 heterocycles. The van der Waals surface area contributed by atoms with E-state index in [9.17, 15) is 4.79 Å². The Morgan fingerprint density at radius 1 is 1.38 bits per heavy atom. The van der Waals surface area contributed by atoms with Crippen LogP contribution in [0.1, 0.15) is 27.2 Å². The zero-order chi connectivity index (χ0) is 12.6. The average molecular weight is 233 g/mol. The Morgan fingerprint density at radius 2 is 2.00 bits per heavy atom. The molecule has 0 saturated heterocycles. The molecular weight excluding hydrogens is 210 g/mol. The van der Waals surface area contributed by atoms with E-state index in [0.29, 0.717) is 19.8 Å². The number of methoxy groups -OCH3 is 1. The molecule has 5 heteroatoms. The van der Waals surface area contributed by atoms with E-state index in [-0.39, 0.29) is 18.5 Å². The lowest BCUT2D eigenvalue weighted by Gasteiger charge is -2.22. The number of nitrogens with two attached hydrogens (primary N) is 1. The first kappa shape index (κ1) is 15.3. The normalized spacial score (nSPS) is 13.6. The minimum atomic E-state index is -0.470. The Labute approximate surface area is 97.2 Å². The van der Waals surface area contributed by atoms with E-state index in [0.717, 1.165) is 0 Å². The molecule has 0 radical (unpaired) electrons. The van der Waals surface area contributed by atoms with Crippen LogP contribution in [0, 0.1) is 0 Å². The van der Waals surface area contributed by atoms with E-state index in [1.54, 1.807) is 7.11 Å². The molecule has 1 atom stereocenters. The summed E-state index contributed by atoms with van der Waals surface area (Å²) in [6.45, 7) is 6.69. The molecule has 96 valence electrons. The third-order valence-corrected chi connectivity index (χ3v) is 1.64. The highest BCUT2D eigenvalue weighted by atomic mass is 16.6. The fourth-order valence-electron chi connectivity index (χ4n) is 1.16. The largest absolute Gasteiger partial charge is 0.460 e. The predicted molar refractivity (Wildman–Crippen MR) is 61.1 cm³/mol. The van der Waals surface area contributed by atoms with E-state index in [2.05, 4.69) is 0 Å². The van der Waals surface area contributed by atoms with Gasteiger partial charge in [0.15, 0.2) is 0 Å². The van der Waals surface area contributed by atoms with Crippen LogP contribution in [0.4, 0.5) is 0 Å². The summed E-state index contributed by atoms with van der Waals surface area (Å²) < 4.78 is 15.5. The number of esters is 1. The molecule has 2 N–H and O–H groups in total. The van der Waals surface area contributed by atoms with Gasteiger partial charge in [-0.3, -0.25) is 4.79 Å². The quantitative estimate of drug-likeness (QED) is 0.656. The van der Waals surface area contributed by atoms with Gasteiger partial charge in [0.1, 0.15) is 5.60 Å². The molecule has 0 saturated carbocycles. The third-order valence-electron chi connectivity index (χ3n) is 1.64. The third kappa shape index (κ3) is 8.64. The van der Waals surface area contributed by atoms with Gasteiger partial charge in [-0.1, -0.05) is 0 Å². The predicted octanol–water partition coefficient (Wildman–Crippen LogP) is 0.709. The number of hydrogen-bond donors (Lipinski definition) is 1. The zero-order valence-corrected chi connectivity index (χ0v) is 10.6. The van der Waals surface area contributed by atoms with Crippen LogP contribution in [-0.4, -0.2) is 44.5 Å². The van der Waals surface area contributed by atoms with Crippen LogP contribution in [-0.2, 0) is 19.0 Å². The van der Waals surface area contributed by atoms with Crippen molar-refractivity contribution in [1.29, 1.82) is 0 Å². The van der Waals surface area contributed by atoms with Gasteiger partial charge in [0.05, 0.1) is 25.7 Å². The molecule has 0 amide bonds. The van der Waals surface area contributed by atoms with Gasteiger partial charge in [-0.25, -0.2) is 0 Å². The highest BCUT2D eigenvalue weighted by molar-refractivity contribution is 5.70. The number of carbonyl (C=O) groups is 1. The summed E-state index contributed by atoms with van der Waals surface area (Å²) in [4.78, 5) is 11.5. The molecule has 0 spiro atoms. The van der Waals surface area contributed by atoms with Crippen molar-refractivity contribution < 1.29 is 19.0 Å². The molecule has 0 fully saturated rings. The van der Waals surface area contributed by atoms with Gasteiger partial charge in [0.25, 0.3) is 0 Å². The topological polar surface area (TPSA) is 70.8 Å². The summed E-state index contributed by atoms with van der Waals surface area (Å²) in [5, 5.41) is 0. The average Bonchev–Trinajstić information content (AvgIpc) is 2.11. The Kier molecular flexibility index (Phi) is 7.29. The van der Waals surface area contributed by atoms with E-state index in [1.807, 2.05) is 20.8 Å². The summed E-state index contributed by atoms with van der Waals surface area (Å²) in [6, 6.07) is 0. The highest BCUT2D eigenvalue weighted by Gasteiger charge is 2.20. The van der Waals surface area contributed by atoms with Crippen molar-refractivity contribution in [3.05, 3.63) is 0 Å². The molecule has 0 aliphatic heterocycles. The van der Waals surface area contributed by atoms with Crippen molar-refractivity contribution in [2.75, 3.05) is 26.9 Å². The van der Waals surface area contributed by atoms with Crippen LogP contribution in [0.5, 0.6) is 0 Å². The Hall–Kier alpha value is -0.650. The monoisotopic (exact) mass is 233 g/mol. The maximum Gasteiger partial charge on any atom is 0.309 e. The summed E-state index contributed by atoms with van der Waals surface area (Å²) in [6.07, 6.45) is -0.103. The van der Waals surface area contributed by atoms with E-state index < -0.39 is 5.60 Å². The molecule has 0 aliphatic rings. The molecule has 0 aromatic carbocycles. The van der Waals surface area contributed by atoms with Gasteiger partial charge >= 0.3 is 5.97 Å². The van der Waals surface area contributed by atoms with Crippen LogP contribution in [0.15, 0.2) is 0 Å². The van der Waals surface area contributed by atoms with Gasteiger partial charge in [-0.05, 0) is 20.8 Å². The van der Waals surface area contributed by atoms with Crippen LogP contribution in [0.2, 0.25) is 0 Å². The van der Waals surface area contributed by atoms with Gasteiger partial charge in [0, 0.05) is 13.7 Å². The summed E-state index contributed by atoms with van der Waals surface area (Å²) >= 11 is 0. The van der Waals surface area contributed by atoms with Crippen LogP contribution in [0.25, 0.3) is 0 Å². The lowest BCUT2D eigenvalue weighted by atomic mass is 10.2. The maximum atomic E-state index is 11.5. The summed E-state index contributed by atoms with van der Waals surface area (Å²) in [5.41, 5.74) is 4.85. The summed E-state index contributed by atoms with van der Waals surface area (Å²) in [7, 11) is 1.56. The first-order chi connectivity index (χ1) is 7.39. The fourth-order valence-corrected chi connectivity index (χ4v) is 1.16. The van der Waals surface area contributed by atoms with Crippen molar-refractivity contribution in [3.8, 4) is 0 Å². The molecule has 16 heavy (non-hydrogen) atoms. The van der Waals surface area contributed by atoms with E-state index in [1.165, 1.54) is 0 Å². The minimum absolute atomic E-state index is 0.186. The van der Waals surface area contributed by atoms with Crippen molar-refractivity contribution in [2.24, 2.45) is 5.73 Å². The van der Waals surface area contributed by atoms with Gasteiger partial charge in [0.2, 0.25) is 0 Å². The number of rotatable bonds is 7. The zero-order valence-electron chi connectivity index (χ0n) is 10.6. The lowest BCUT2D eigenvalue weighted by molar-refractivity contribution is -0.159. The molecule has 0 bridgehead atoms. The summed E-state index contributed by atoms with van der Waals surface area (Å²) in [5.74, 6) is -0.286. The SMILES string of the molecule is COCC(CC(=O)OC(C)(C)C)OCCN. The van der Waals surface area contributed by atoms with Gasteiger partial charge in [-0.15, -0.1) is 0 Å². The second-order valence-corrected chi connectivity index (χ2v) is 4.53. The fraction of sp³-hybridized carbons (Fsp3) is 0.909. The lowest BCUT2D eigenvalue weighted by Crippen LogP contribution is -2.30. The number of ether oxygens (including phenoxy) is 3. The molecule has 0 aromatic heterocycles. The van der Waals surface area contributed by atoms with Gasteiger partial charge in [-0.2, -0.15) is 0 Å². The Morgan fingerprint density at radius 3 is 2.44 bits per heavy atom. The maximum absolute atomic E-state index is 11.5. The van der Waals surface area contributed by atoms with Crippen LogP contribution in [0.3, 0.4) is 0 Å². The van der Waals surface area contributed by atoms with Crippen molar-refractivity contribution in [2.45, 2.75) is 38.9 Å². The van der Waals surface area contributed by atoms with Gasteiger partial charge < -0.3 is 19.9 Å². The van der Waals surface area contributed by atoms with Crippen LogP contribution < -0.4 is 5.73 Å². The van der Waals surface area contributed by atoms with Crippen molar-refractivity contribution in [3.63, 3.8) is 0 Å². The smallest absolute Gasteiger partial charge is 0.309 e. The minimum Gasteiger partial charge on any atom is -0.460 e. The highest BCUT2D eigenvalue weighted by Crippen LogP contribution is 2.10. The molecular formula is C11H23NO4. The molecule has 0 aromatic rings. The van der Waals surface area contributed by atoms with Crippen molar-refractivity contribution >= 4 is 5.97 Å². The Balaban J connectivity index is 4.02. The first-order valence-corrected chi connectivity index (χ1v) is 5.41. The molecule has 1 unspecified atom stereocenters. The second-order valence-electron chi connectivity index (χ2n) is 4.53. The molecule has 5 nitrogen and oxygen atoms in total. The van der Waals surface area contributed by atoms with E-state index >= 15 is 0 Å². The molecule has 0 aliphatic carbocycles. The van der Waals surface area contributed by atoms with Crippen LogP contribution >= 0.6 is 0 Å². The number of hydrogen-bond acceptors (Lipinski definition) is 5. The second kappa shape index (κ2) is 7.60. The number of carbonyl (C=O) groups excluding carboxylic acids is 1. The molecule has 0 rings (SSSR count). The Bertz CT molecular complexity index is 201. The standard InChI is InChI=1S/C11H23NO4/c1-11(2,3)16-10(13)7-9(8-14-4)15-6-5-12/h9H,5-8,12H2,1-4H3. The van der Waals surface area contributed by atoms with Crippen molar-refractivity contribution in [1.82, 2.24) is 0 Å². The van der Waals surface area contributed by atoms with E-state index in [4.69, 9.17) is 19.9 Å². The first-order valence-electron chi connectivity index (χ1n) is 5.41.